The first-order valence-corrected chi connectivity index (χ1v) is 9.37. The molecule has 0 bridgehead atoms. The molecule has 0 aromatic heterocycles. The predicted molar refractivity (Wildman–Crippen MR) is 83.6 cm³/mol. The number of rotatable bonds is 3. The van der Waals surface area contributed by atoms with Crippen LogP contribution in [0.2, 0.25) is 0 Å². The number of aryl methyl sites for hydroxylation is 2. The molecule has 1 heterocycles. The molecule has 0 amide bonds. The van der Waals surface area contributed by atoms with E-state index in [0.717, 1.165) is 32.1 Å². The third-order valence-electron chi connectivity index (χ3n) is 4.77. The average molecular weight is 308 g/mol. The first-order chi connectivity index (χ1) is 10.1. The van der Waals surface area contributed by atoms with Crippen molar-refractivity contribution in [1.82, 2.24) is 4.31 Å². The summed E-state index contributed by atoms with van der Waals surface area (Å²) in [5.41, 5.74) is 8.25. The zero-order chi connectivity index (χ0) is 14.9. The van der Waals surface area contributed by atoms with Gasteiger partial charge in [0.1, 0.15) is 0 Å². The van der Waals surface area contributed by atoms with E-state index in [1.165, 1.54) is 17.5 Å². The van der Waals surface area contributed by atoms with E-state index in [1.807, 2.05) is 12.1 Å². The Labute approximate surface area is 127 Å². The minimum atomic E-state index is -3.36. The molecular weight excluding hydrogens is 284 g/mol. The van der Waals surface area contributed by atoms with Crippen LogP contribution in [0.15, 0.2) is 23.1 Å². The van der Waals surface area contributed by atoms with Gasteiger partial charge in [0.2, 0.25) is 10.0 Å². The van der Waals surface area contributed by atoms with Crippen molar-refractivity contribution in [2.24, 2.45) is 11.7 Å². The highest BCUT2D eigenvalue weighted by molar-refractivity contribution is 7.89. The largest absolute Gasteiger partial charge is 0.330 e. The third-order valence-corrected chi connectivity index (χ3v) is 6.63. The maximum atomic E-state index is 12.8. The quantitative estimate of drug-likeness (QED) is 0.928. The molecule has 1 aromatic rings. The highest BCUT2D eigenvalue weighted by atomic mass is 32.2. The monoisotopic (exact) mass is 308 g/mol. The lowest BCUT2D eigenvalue weighted by atomic mass is 9.92. The number of nitrogens with zero attached hydrogens (tertiary/aromatic N) is 1. The molecule has 5 heteroatoms. The van der Waals surface area contributed by atoms with Gasteiger partial charge in [-0.25, -0.2) is 8.42 Å². The van der Waals surface area contributed by atoms with Gasteiger partial charge in [-0.2, -0.15) is 4.31 Å². The number of benzene rings is 1. The molecule has 1 fully saturated rings. The van der Waals surface area contributed by atoms with Crippen LogP contribution in [-0.4, -0.2) is 32.4 Å². The summed E-state index contributed by atoms with van der Waals surface area (Å²) in [6.45, 7) is 1.75. The molecule has 0 spiro atoms. The van der Waals surface area contributed by atoms with Gasteiger partial charge in [0.15, 0.2) is 0 Å². The van der Waals surface area contributed by atoms with E-state index in [0.29, 0.717) is 30.4 Å². The predicted octanol–water partition coefficient (Wildman–Crippen LogP) is 1.92. The number of hydrogen-bond acceptors (Lipinski definition) is 3. The van der Waals surface area contributed by atoms with Crippen LogP contribution in [-0.2, 0) is 22.9 Å². The van der Waals surface area contributed by atoms with E-state index in [2.05, 4.69) is 0 Å². The first-order valence-electron chi connectivity index (χ1n) is 7.93. The van der Waals surface area contributed by atoms with Gasteiger partial charge in [-0.05, 0) is 74.2 Å². The Morgan fingerprint density at radius 3 is 2.67 bits per heavy atom. The second-order valence-electron chi connectivity index (χ2n) is 6.24. The van der Waals surface area contributed by atoms with Crippen molar-refractivity contribution in [1.29, 1.82) is 0 Å². The van der Waals surface area contributed by atoms with E-state index >= 15 is 0 Å². The molecule has 2 N–H and O–H groups in total. The smallest absolute Gasteiger partial charge is 0.243 e. The van der Waals surface area contributed by atoms with Crippen LogP contribution in [0.1, 0.15) is 36.8 Å². The fourth-order valence-electron chi connectivity index (χ4n) is 3.46. The highest BCUT2D eigenvalue weighted by Crippen LogP contribution is 2.27. The van der Waals surface area contributed by atoms with Gasteiger partial charge in [0, 0.05) is 13.1 Å². The molecule has 116 valence electrons. The van der Waals surface area contributed by atoms with Crippen LogP contribution in [0.25, 0.3) is 0 Å². The summed E-state index contributed by atoms with van der Waals surface area (Å²) in [4.78, 5) is 0.459. The number of sulfonamides is 1. The Morgan fingerprint density at radius 1 is 1.14 bits per heavy atom. The van der Waals surface area contributed by atoms with Crippen molar-refractivity contribution in [3.05, 3.63) is 29.3 Å². The topological polar surface area (TPSA) is 63.4 Å². The van der Waals surface area contributed by atoms with E-state index in [1.54, 1.807) is 10.4 Å². The highest BCUT2D eigenvalue weighted by Gasteiger charge is 2.30. The summed E-state index contributed by atoms with van der Waals surface area (Å²) >= 11 is 0. The zero-order valence-corrected chi connectivity index (χ0v) is 13.2. The van der Waals surface area contributed by atoms with Crippen LogP contribution in [0.5, 0.6) is 0 Å². The van der Waals surface area contributed by atoms with Gasteiger partial charge in [0.25, 0.3) is 0 Å². The lowest BCUT2D eigenvalue weighted by Gasteiger charge is -2.31. The maximum absolute atomic E-state index is 12.8. The number of piperidine rings is 1. The molecule has 0 radical (unpaired) electrons. The van der Waals surface area contributed by atoms with Crippen LogP contribution < -0.4 is 5.73 Å². The third kappa shape index (κ3) is 3.00. The minimum Gasteiger partial charge on any atom is -0.330 e. The van der Waals surface area contributed by atoms with Gasteiger partial charge in [-0.3, -0.25) is 0 Å². The summed E-state index contributed by atoms with van der Waals surface area (Å²) < 4.78 is 27.3. The molecule has 2 aliphatic rings. The fraction of sp³-hybridized carbons (Fsp3) is 0.625. The number of fused-ring (bicyclic) bond motifs is 1. The molecule has 1 unspecified atom stereocenters. The van der Waals surface area contributed by atoms with Gasteiger partial charge in [-0.15, -0.1) is 0 Å². The zero-order valence-electron chi connectivity index (χ0n) is 12.4. The van der Waals surface area contributed by atoms with E-state index in [4.69, 9.17) is 5.73 Å². The lowest BCUT2D eigenvalue weighted by Crippen LogP contribution is -2.42. The molecule has 1 saturated heterocycles. The second-order valence-corrected chi connectivity index (χ2v) is 8.18. The summed E-state index contributed by atoms with van der Waals surface area (Å²) in [7, 11) is -3.36. The van der Waals surface area contributed by atoms with Crippen molar-refractivity contribution < 1.29 is 8.42 Å². The molecule has 1 atom stereocenters. The van der Waals surface area contributed by atoms with Gasteiger partial charge >= 0.3 is 0 Å². The SMILES string of the molecule is NCC1CCCN(S(=O)(=O)c2ccc3c(c2)CCCC3)C1. The van der Waals surface area contributed by atoms with Crippen molar-refractivity contribution in [3.8, 4) is 0 Å². The normalized spacial score (nSPS) is 23.8. The molecule has 0 saturated carbocycles. The van der Waals surface area contributed by atoms with E-state index in [-0.39, 0.29) is 0 Å². The van der Waals surface area contributed by atoms with Crippen LogP contribution in [0.3, 0.4) is 0 Å². The Morgan fingerprint density at radius 2 is 1.90 bits per heavy atom. The molecule has 3 rings (SSSR count). The number of nitrogens with two attached hydrogens (primary N) is 1. The molecule has 1 aliphatic heterocycles. The standard InChI is InChI=1S/C16H24N2O2S/c17-11-13-4-3-9-18(12-13)21(19,20)16-8-7-14-5-1-2-6-15(14)10-16/h7-8,10,13H,1-6,9,11-12,17H2. The summed E-state index contributed by atoms with van der Waals surface area (Å²) in [6.07, 6.45) is 6.40. The van der Waals surface area contributed by atoms with Gasteiger partial charge in [-0.1, -0.05) is 6.07 Å². The fourth-order valence-corrected chi connectivity index (χ4v) is 5.06. The lowest BCUT2D eigenvalue weighted by molar-refractivity contribution is 0.271. The Kier molecular flexibility index (Phi) is 4.33. The summed E-state index contributed by atoms with van der Waals surface area (Å²) in [6, 6.07) is 5.69. The number of hydrogen-bond donors (Lipinski definition) is 1. The summed E-state index contributed by atoms with van der Waals surface area (Å²) in [5.74, 6) is 0.297. The Balaban J connectivity index is 1.87. The molecule has 21 heavy (non-hydrogen) atoms. The Bertz CT molecular complexity index is 613. The van der Waals surface area contributed by atoms with Crippen molar-refractivity contribution in [3.63, 3.8) is 0 Å². The Hall–Kier alpha value is -0.910. The second kappa shape index (κ2) is 6.07. The van der Waals surface area contributed by atoms with E-state index in [9.17, 15) is 8.42 Å². The van der Waals surface area contributed by atoms with Crippen molar-refractivity contribution in [2.75, 3.05) is 19.6 Å². The van der Waals surface area contributed by atoms with E-state index < -0.39 is 10.0 Å². The van der Waals surface area contributed by atoms with Crippen LogP contribution >= 0.6 is 0 Å². The molecule has 1 aliphatic carbocycles. The van der Waals surface area contributed by atoms with Crippen LogP contribution in [0, 0.1) is 5.92 Å². The molecule has 4 nitrogen and oxygen atoms in total. The average Bonchev–Trinajstić information content (AvgIpc) is 2.54. The molecular formula is C16H24N2O2S. The summed E-state index contributed by atoms with van der Waals surface area (Å²) in [5, 5.41) is 0. The first kappa shape index (κ1) is 15.0. The van der Waals surface area contributed by atoms with Gasteiger partial charge < -0.3 is 5.73 Å². The molecule has 1 aromatic carbocycles. The van der Waals surface area contributed by atoms with Gasteiger partial charge in [0.05, 0.1) is 4.90 Å². The van der Waals surface area contributed by atoms with Crippen molar-refractivity contribution >= 4 is 10.0 Å². The minimum absolute atomic E-state index is 0.297. The van der Waals surface area contributed by atoms with Crippen LogP contribution in [0.4, 0.5) is 0 Å². The maximum Gasteiger partial charge on any atom is 0.243 e. The van der Waals surface area contributed by atoms with Crippen molar-refractivity contribution in [2.45, 2.75) is 43.4 Å².